The Balaban J connectivity index is 0.000000878. The van der Waals surface area contributed by atoms with Crippen LogP contribution >= 0.6 is 0 Å². The second-order valence-corrected chi connectivity index (χ2v) is 5.84. The van der Waals surface area contributed by atoms with E-state index < -0.39 is 5.82 Å². The van der Waals surface area contributed by atoms with Crippen LogP contribution in [0.5, 0.6) is 5.75 Å². The fourth-order valence-corrected chi connectivity index (χ4v) is 2.59. The molecule has 3 aromatic rings. The van der Waals surface area contributed by atoms with Crippen molar-refractivity contribution in [2.45, 2.75) is 19.6 Å². The van der Waals surface area contributed by atoms with E-state index in [1.54, 1.807) is 31.6 Å². The number of halogens is 1. The number of hydrogen-bond donors (Lipinski definition) is 1. The molecule has 0 fully saturated rings. The second-order valence-electron chi connectivity index (χ2n) is 5.84. The molecule has 1 atom stereocenters. The molecule has 0 saturated heterocycles. The van der Waals surface area contributed by atoms with E-state index in [0.717, 1.165) is 11.4 Å². The summed E-state index contributed by atoms with van der Waals surface area (Å²) < 4.78 is 26.1. The van der Waals surface area contributed by atoms with E-state index in [1.807, 2.05) is 29.8 Å². The number of methoxy groups -OCH3 is 2. The monoisotopic (exact) mass is 387 g/mol. The summed E-state index contributed by atoms with van der Waals surface area (Å²) in [6, 6.07) is 8.59. The van der Waals surface area contributed by atoms with Gasteiger partial charge in [0.05, 0.1) is 25.5 Å². The normalized spacial score (nSPS) is 11.3. The first-order chi connectivity index (χ1) is 13.5. The second kappa shape index (κ2) is 10.2. The van der Waals surface area contributed by atoms with E-state index in [4.69, 9.17) is 19.4 Å². The van der Waals surface area contributed by atoms with Crippen LogP contribution in [0.3, 0.4) is 0 Å². The fourth-order valence-electron chi connectivity index (χ4n) is 2.59. The molecule has 1 aromatic carbocycles. The summed E-state index contributed by atoms with van der Waals surface area (Å²) in [5.41, 5.74) is 2.28. The van der Waals surface area contributed by atoms with Gasteiger partial charge in [0.15, 0.2) is 11.6 Å². The molecule has 28 heavy (non-hydrogen) atoms. The molecule has 2 aromatic heterocycles. The molecular formula is C20H22FN3O4. The number of rotatable bonds is 6. The Bertz CT molecular complexity index is 897. The summed E-state index contributed by atoms with van der Waals surface area (Å²) in [5.74, 6) is 0.633. The van der Waals surface area contributed by atoms with Crippen LogP contribution in [0.4, 0.5) is 4.39 Å². The quantitative estimate of drug-likeness (QED) is 0.652. The van der Waals surface area contributed by atoms with Gasteiger partial charge in [-0.15, -0.1) is 0 Å². The van der Waals surface area contributed by atoms with Gasteiger partial charge in [0.2, 0.25) is 0 Å². The molecule has 1 N–H and O–H groups in total. The summed E-state index contributed by atoms with van der Waals surface area (Å²) >= 11 is 0. The van der Waals surface area contributed by atoms with Crippen LogP contribution in [0.25, 0.3) is 22.6 Å². The highest BCUT2D eigenvalue weighted by molar-refractivity contribution is 5.64. The van der Waals surface area contributed by atoms with Crippen LogP contribution < -0.4 is 4.74 Å². The summed E-state index contributed by atoms with van der Waals surface area (Å²) in [4.78, 5) is 17.2. The van der Waals surface area contributed by atoms with Gasteiger partial charge in [-0.2, -0.15) is 0 Å². The third-order valence-corrected chi connectivity index (χ3v) is 4.04. The van der Waals surface area contributed by atoms with Crippen LogP contribution in [0.1, 0.15) is 6.92 Å². The minimum atomic E-state index is -0.407. The molecule has 0 bridgehead atoms. The van der Waals surface area contributed by atoms with Gasteiger partial charge in [0, 0.05) is 36.8 Å². The lowest BCUT2D eigenvalue weighted by atomic mass is 10.1. The maximum Gasteiger partial charge on any atom is 0.290 e. The molecule has 0 radical (unpaired) electrons. The van der Waals surface area contributed by atoms with E-state index >= 15 is 0 Å². The Kier molecular flexibility index (Phi) is 7.65. The lowest BCUT2D eigenvalue weighted by molar-refractivity contribution is -0.122. The summed E-state index contributed by atoms with van der Waals surface area (Å²) in [6.07, 6.45) is 5.50. The molecule has 0 aliphatic carbocycles. The van der Waals surface area contributed by atoms with Crippen LogP contribution in [-0.4, -0.2) is 46.4 Å². The van der Waals surface area contributed by atoms with Gasteiger partial charge in [-0.25, -0.2) is 9.37 Å². The molecule has 0 saturated carbocycles. The van der Waals surface area contributed by atoms with Gasteiger partial charge >= 0.3 is 0 Å². The minimum Gasteiger partial charge on any atom is -0.494 e. The summed E-state index contributed by atoms with van der Waals surface area (Å²) in [5, 5.41) is 6.89. The zero-order chi connectivity index (χ0) is 20.5. The molecule has 3 rings (SSSR count). The predicted octanol–water partition coefficient (Wildman–Crippen LogP) is 3.50. The van der Waals surface area contributed by atoms with Gasteiger partial charge in [-0.3, -0.25) is 9.78 Å². The van der Waals surface area contributed by atoms with Crippen LogP contribution in [0.2, 0.25) is 0 Å². The van der Waals surface area contributed by atoms with E-state index in [2.05, 4.69) is 9.97 Å². The molecule has 2 heterocycles. The van der Waals surface area contributed by atoms with Crippen LogP contribution in [0.15, 0.2) is 48.9 Å². The highest BCUT2D eigenvalue weighted by Crippen LogP contribution is 2.26. The van der Waals surface area contributed by atoms with Crippen molar-refractivity contribution in [1.82, 2.24) is 14.5 Å². The Morgan fingerprint density at radius 1 is 1.21 bits per heavy atom. The van der Waals surface area contributed by atoms with E-state index in [9.17, 15) is 4.39 Å². The number of ether oxygens (including phenoxy) is 2. The average molecular weight is 387 g/mol. The third kappa shape index (κ3) is 5.14. The first-order valence-corrected chi connectivity index (χ1v) is 8.46. The number of carboxylic acid groups (broad SMARTS) is 1. The molecule has 0 amide bonds. The minimum absolute atomic E-state index is 0.0856. The van der Waals surface area contributed by atoms with Crippen molar-refractivity contribution in [3.05, 3.63) is 54.7 Å². The summed E-state index contributed by atoms with van der Waals surface area (Å²) in [6.45, 7) is 2.46. The van der Waals surface area contributed by atoms with Crippen molar-refractivity contribution < 1.29 is 23.8 Å². The zero-order valence-corrected chi connectivity index (χ0v) is 15.9. The van der Waals surface area contributed by atoms with Gasteiger partial charge in [-0.1, -0.05) is 0 Å². The highest BCUT2D eigenvalue weighted by atomic mass is 19.1. The lowest BCUT2D eigenvalue weighted by Crippen LogP contribution is -2.14. The van der Waals surface area contributed by atoms with Crippen molar-refractivity contribution in [3.63, 3.8) is 0 Å². The molecule has 148 valence electrons. The molecule has 1 unspecified atom stereocenters. The average Bonchev–Trinajstić information content (AvgIpc) is 3.16. The number of nitrogens with zero attached hydrogens (tertiary/aromatic N) is 3. The molecule has 8 heteroatoms. The highest BCUT2D eigenvalue weighted by Gasteiger charge is 2.11. The number of hydrogen-bond acceptors (Lipinski definition) is 5. The maximum absolute atomic E-state index is 13.9. The number of carbonyl (C=O) groups is 1. The molecular weight excluding hydrogens is 365 g/mol. The SMILES string of the molecule is COc1ccc(-c2ccc(-c3nccn3CC(C)OC)cn2)cc1F.O=CO. The van der Waals surface area contributed by atoms with E-state index in [1.165, 1.54) is 13.2 Å². The van der Waals surface area contributed by atoms with E-state index in [-0.39, 0.29) is 18.3 Å². The van der Waals surface area contributed by atoms with Gasteiger partial charge in [0.25, 0.3) is 6.47 Å². The van der Waals surface area contributed by atoms with Crippen LogP contribution in [0, 0.1) is 5.82 Å². The zero-order valence-electron chi connectivity index (χ0n) is 15.9. The third-order valence-electron chi connectivity index (χ3n) is 4.04. The summed E-state index contributed by atoms with van der Waals surface area (Å²) in [7, 11) is 3.13. The first kappa shape index (κ1) is 21.0. The first-order valence-electron chi connectivity index (χ1n) is 8.46. The van der Waals surface area contributed by atoms with Crippen molar-refractivity contribution in [1.29, 1.82) is 0 Å². The van der Waals surface area contributed by atoms with Crippen molar-refractivity contribution in [2.24, 2.45) is 0 Å². The van der Waals surface area contributed by atoms with Crippen LogP contribution in [-0.2, 0) is 16.1 Å². The Hall–Kier alpha value is -3.26. The fraction of sp³-hybridized carbons (Fsp3) is 0.250. The Morgan fingerprint density at radius 2 is 1.93 bits per heavy atom. The number of pyridine rings is 1. The maximum atomic E-state index is 13.9. The van der Waals surface area contributed by atoms with Gasteiger partial charge < -0.3 is 19.1 Å². The van der Waals surface area contributed by atoms with Crippen molar-refractivity contribution in [3.8, 4) is 28.4 Å². The predicted molar refractivity (Wildman–Crippen MR) is 103 cm³/mol. The van der Waals surface area contributed by atoms with Crippen molar-refractivity contribution in [2.75, 3.05) is 14.2 Å². The Labute approximate surface area is 162 Å². The van der Waals surface area contributed by atoms with E-state index in [0.29, 0.717) is 17.8 Å². The molecule has 0 aliphatic heterocycles. The van der Waals surface area contributed by atoms with Gasteiger partial charge in [-0.05, 0) is 37.3 Å². The molecule has 7 nitrogen and oxygen atoms in total. The van der Waals surface area contributed by atoms with Gasteiger partial charge in [0.1, 0.15) is 5.82 Å². The standard InChI is InChI=1S/C19H20FN3O2.CH2O2/c1-13(24-2)12-23-9-8-21-19(23)15-4-6-17(22-11-15)14-5-7-18(25-3)16(20)10-14;2-1-3/h4-11,13H,12H2,1-3H3;1H,(H,2,3). The number of benzene rings is 1. The number of imidazole rings is 1. The smallest absolute Gasteiger partial charge is 0.290 e. The Morgan fingerprint density at radius 3 is 2.50 bits per heavy atom. The largest absolute Gasteiger partial charge is 0.494 e. The molecule has 0 spiro atoms. The van der Waals surface area contributed by atoms with Crippen molar-refractivity contribution >= 4 is 6.47 Å². The lowest BCUT2D eigenvalue weighted by Gasteiger charge is -2.13. The number of aromatic nitrogens is 3. The topological polar surface area (TPSA) is 86.5 Å². The molecule has 0 aliphatic rings.